The Hall–Kier alpha value is -1.29. The van der Waals surface area contributed by atoms with Crippen LogP contribution in [0.1, 0.15) is 18.2 Å². The predicted octanol–water partition coefficient (Wildman–Crippen LogP) is 3.30. The van der Waals surface area contributed by atoms with Gasteiger partial charge in [0.15, 0.2) is 0 Å². The molecule has 0 aliphatic rings. The molecule has 0 unspecified atom stereocenters. The van der Waals surface area contributed by atoms with Crippen LogP contribution in [-0.4, -0.2) is 9.97 Å². The first-order valence-electron chi connectivity index (χ1n) is 4.84. The quantitative estimate of drug-likeness (QED) is 0.796. The second-order valence-electron chi connectivity index (χ2n) is 3.27. The molecule has 4 heteroatoms. The molecule has 2 rings (SSSR count). The lowest BCUT2D eigenvalue weighted by Crippen LogP contribution is -1.87. The van der Waals surface area contributed by atoms with Crippen LogP contribution in [0.25, 0.3) is 11.3 Å². The van der Waals surface area contributed by atoms with Crippen LogP contribution in [0.5, 0.6) is 0 Å². The highest BCUT2D eigenvalue weighted by Gasteiger charge is 2.08. The summed E-state index contributed by atoms with van der Waals surface area (Å²) in [5.41, 5.74) is 3.43. The van der Waals surface area contributed by atoms with Crippen molar-refractivity contribution in [3.05, 3.63) is 34.7 Å². The molecule has 0 bridgehead atoms. The van der Waals surface area contributed by atoms with Gasteiger partial charge in [0.25, 0.3) is 0 Å². The summed E-state index contributed by atoms with van der Waals surface area (Å²) in [7, 11) is 0. The summed E-state index contributed by atoms with van der Waals surface area (Å²) in [4.78, 5) is 9.29. The van der Waals surface area contributed by atoms with Crippen molar-refractivity contribution in [2.45, 2.75) is 19.8 Å². The molecule has 0 spiro atoms. The second kappa shape index (κ2) is 4.49. The molecule has 2 aromatic rings. The molecule has 0 fully saturated rings. The van der Waals surface area contributed by atoms with Gasteiger partial charge >= 0.3 is 0 Å². The first-order chi connectivity index (χ1) is 7.31. The summed E-state index contributed by atoms with van der Waals surface area (Å²) in [5, 5.41) is 0. The molecule has 2 heterocycles. The van der Waals surface area contributed by atoms with Crippen molar-refractivity contribution >= 4 is 11.3 Å². The zero-order valence-corrected chi connectivity index (χ0v) is 9.22. The number of aromatic nitrogens is 2. The maximum atomic E-state index is 13.0. The van der Waals surface area contributed by atoms with Crippen LogP contribution >= 0.6 is 11.3 Å². The zero-order chi connectivity index (χ0) is 10.7. The third-order valence-electron chi connectivity index (χ3n) is 2.10. The molecular weight excluding hydrogens is 211 g/mol. The van der Waals surface area contributed by atoms with Crippen molar-refractivity contribution in [3.63, 3.8) is 0 Å². The Morgan fingerprint density at radius 3 is 3.00 bits per heavy atom. The van der Waals surface area contributed by atoms with Gasteiger partial charge in [-0.15, -0.1) is 11.3 Å². The van der Waals surface area contributed by atoms with Crippen LogP contribution in [-0.2, 0) is 6.42 Å². The third kappa shape index (κ3) is 2.21. The van der Waals surface area contributed by atoms with E-state index < -0.39 is 0 Å². The molecule has 0 aliphatic carbocycles. The van der Waals surface area contributed by atoms with Crippen molar-refractivity contribution in [3.8, 4) is 11.3 Å². The highest BCUT2D eigenvalue weighted by molar-refractivity contribution is 7.10. The second-order valence-corrected chi connectivity index (χ2v) is 4.21. The molecule has 0 saturated heterocycles. The fourth-order valence-corrected chi connectivity index (χ4v) is 2.34. The largest absolute Gasteiger partial charge is 0.261 e. The predicted molar refractivity (Wildman–Crippen MR) is 59.3 cm³/mol. The Morgan fingerprint density at radius 2 is 2.27 bits per heavy atom. The normalized spacial score (nSPS) is 10.5. The average Bonchev–Trinajstić information content (AvgIpc) is 2.66. The zero-order valence-electron chi connectivity index (χ0n) is 8.40. The van der Waals surface area contributed by atoms with Crippen LogP contribution in [0.15, 0.2) is 24.0 Å². The van der Waals surface area contributed by atoms with Gasteiger partial charge in [0.2, 0.25) is 0 Å². The van der Waals surface area contributed by atoms with Gasteiger partial charge in [0.1, 0.15) is 5.82 Å². The van der Waals surface area contributed by atoms with Gasteiger partial charge in [-0.3, -0.25) is 4.98 Å². The molecule has 0 saturated carbocycles. The molecule has 2 aromatic heterocycles. The fraction of sp³-hybridized carbons (Fsp3) is 0.273. The van der Waals surface area contributed by atoms with Gasteiger partial charge in [-0.25, -0.2) is 9.37 Å². The van der Waals surface area contributed by atoms with Crippen molar-refractivity contribution < 1.29 is 4.39 Å². The van der Waals surface area contributed by atoms with E-state index in [0.29, 0.717) is 0 Å². The maximum Gasteiger partial charge on any atom is 0.142 e. The Bertz CT molecular complexity index is 453. The molecule has 78 valence electrons. The number of thiazole rings is 1. The summed E-state index contributed by atoms with van der Waals surface area (Å²) >= 11 is 1.61. The van der Waals surface area contributed by atoms with Gasteiger partial charge in [-0.2, -0.15) is 0 Å². The summed E-state index contributed by atoms with van der Waals surface area (Å²) < 4.78 is 13.0. The molecule has 0 atom stereocenters. The number of hydrogen-bond acceptors (Lipinski definition) is 3. The minimum Gasteiger partial charge on any atom is -0.261 e. The van der Waals surface area contributed by atoms with Gasteiger partial charge in [-0.05, 0) is 12.5 Å². The summed E-state index contributed by atoms with van der Waals surface area (Å²) in [6.45, 7) is 2.12. The van der Waals surface area contributed by atoms with E-state index in [2.05, 4.69) is 16.9 Å². The molecule has 0 aromatic carbocycles. The van der Waals surface area contributed by atoms with E-state index >= 15 is 0 Å². The van der Waals surface area contributed by atoms with E-state index in [0.717, 1.165) is 24.1 Å². The van der Waals surface area contributed by atoms with Gasteiger partial charge in [0, 0.05) is 16.6 Å². The highest BCUT2D eigenvalue weighted by atomic mass is 32.1. The van der Waals surface area contributed by atoms with E-state index in [9.17, 15) is 4.39 Å². The van der Waals surface area contributed by atoms with Crippen molar-refractivity contribution in [1.82, 2.24) is 9.97 Å². The highest BCUT2D eigenvalue weighted by Crippen LogP contribution is 2.26. The summed E-state index contributed by atoms with van der Waals surface area (Å²) in [6.07, 6.45) is 4.90. The summed E-state index contributed by atoms with van der Waals surface area (Å²) in [5.74, 6) is -0.317. The van der Waals surface area contributed by atoms with Gasteiger partial charge < -0.3 is 0 Å². The van der Waals surface area contributed by atoms with E-state index in [-0.39, 0.29) is 5.82 Å². The number of hydrogen-bond donors (Lipinski definition) is 0. The number of rotatable bonds is 3. The Labute approximate surface area is 91.8 Å². The minimum atomic E-state index is -0.317. The SMILES string of the molecule is CCCc1scnc1-c1cncc(F)c1. The maximum absolute atomic E-state index is 13.0. The molecule has 0 radical (unpaired) electrons. The average molecular weight is 222 g/mol. The minimum absolute atomic E-state index is 0.317. The van der Waals surface area contributed by atoms with E-state index in [4.69, 9.17) is 0 Å². The molecule has 2 nitrogen and oxygen atoms in total. The molecule has 15 heavy (non-hydrogen) atoms. The number of nitrogens with zero attached hydrogens (tertiary/aromatic N) is 2. The molecule has 0 N–H and O–H groups in total. The Morgan fingerprint density at radius 1 is 1.40 bits per heavy atom. The monoisotopic (exact) mass is 222 g/mol. The number of pyridine rings is 1. The third-order valence-corrected chi connectivity index (χ3v) is 2.99. The lowest BCUT2D eigenvalue weighted by atomic mass is 10.1. The Kier molecular flexibility index (Phi) is 3.06. The first-order valence-corrected chi connectivity index (χ1v) is 5.72. The lowest BCUT2D eigenvalue weighted by Gasteiger charge is -2.00. The van der Waals surface area contributed by atoms with Crippen molar-refractivity contribution in [1.29, 1.82) is 0 Å². The number of aryl methyl sites for hydroxylation is 1. The van der Waals surface area contributed by atoms with Crippen molar-refractivity contribution in [2.75, 3.05) is 0 Å². The summed E-state index contributed by atoms with van der Waals surface area (Å²) in [6, 6.07) is 1.47. The standard InChI is InChI=1S/C11H11FN2S/c1-2-3-10-11(14-7-15-10)8-4-9(12)6-13-5-8/h4-7H,2-3H2,1H3. The number of halogens is 1. The molecule has 0 amide bonds. The smallest absolute Gasteiger partial charge is 0.142 e. The van der Waals surface area contributed by atoms with Crippen LogP contribution in [0.3, 0.4) is 0 Å². The fourth-order valence-electron chi connectivity index (χ4n) is 1.45. The van der Waals surface area contributed by atoms with Gasteiger partial charge in [0.05, 0.1) is 17.4 Å². The van der Waals surface area contributed by atoms with Crippen LogP contribution < -0.4 is 0 Å². The lowest BCUT2D eigenvalue weighted by molar-refractivity contribution is 0.622. The molecular formula is C11H11FN2S. The van der Waals surface area contributed by atoms with Crippen LogP contribution in [0.2, 0.25) is 0 Å². The topological polar surface area (TPSA) is 25.8 Å². The van der Waals surface area contributed by atoms with E-state index in [1.165, 1.54) is 17.1 Å². The molecule has 0 aliphatic heterocycles. The van der Waals surface area contributed by atoms with Crippen LogP contribution in [0.4, 0.5) is 4.39 Å². The Balaban J connectivity index is 2.40. The first kappa shape index (κ1) is 10.2. The van der Waals surface area contributed by atoms with E-state index in [1.54, 1.807) is 23.0 Å². The van der Waals surface area contributed by atoms with Crippen molar-refractivity contribution in [2.24, 2.45) is 0 Å². The van der Waals surface area contributed by atoms with Gasteiger partial charge in [-0.1, -0.05) is 13.3 Å². The van der Waals surface area contributed by atoms with E-state index in [1.807, 2.05) is 0 Å². The van der Waals surface area contributed by atoms with Crippen LogP contribution in [0, 0.1) is 5.82 Å².